The number of hydrogen-bond acceptors (Lipinski definition) is 4. The van der Waals surface area contributed by atoms with Gasteiger partial charge in [0.05, 0.1) is 23.3 Å². The summed E-state index contributed by atoms with van der Waals surface area (Å²) in [5.41, 5.74) is -1.51. The number of esters is 1. The third-order valence-electron chi connectivity index (χ3n) is 1.77. The molecule has 4 nitrogen and oxygen atoms in total. The molecule has 0 N–H and O–H groups in total. The van der Waals surface area contributed by atoms with Gasteiger partial charge in [-0.1, -0.05) is 11.6 Å². The molecule has 0 atom stereocenters. The molecule has 0 fully saturated rings. The van der Waals surface area contributed by atoms with E-state index in [0.717, 1.165) is 13.3 Å². The molecular weight excluding hydrogens is 242 g/mol. The number of carbonyl (C=O) groups excluding carboxylic acids is 1. The Morgan fingerprint density at radius 1 is 1.69 bits per heavy atom. The van der Waals surface area contributed by atoms with Crippen molar-refractivity contribution in [2.45, 2.75) is 6.43 Å². The highest BCUT2D eigenvalue weighted by Crippen LogP contribution is 2.31. The van der Waals surface area contributed by atoms with E-state index in [1.807, 2.05) is 0 Å². The highest BCUT2D eigenvalue weighted by molar-refractivity contribution is 6.34. The summed E-state index contributed by atoms with van der Waals surface area (Å²) in [7, 11) is 1.07. The summed E-state index contributed by atoms with van der Waals surface area (Å²) in [5.74, 6) is -0.934. The summed E-state index contributed by atoms with van der Waals surface area (Å²) >= 11 is 5.57. The first-order chi connectivity index (χ1) is 7.52. The fraction of sp³-hybridized carbons (Fsp3) is 0.222. The number of ether oxygens (including phenoxy) is 1. The van der Waals surface area contributed by atoms with Gasteiger partial charge >= 0.3 is 5.97 Å². The number of halogens is 3. The molecule has 0 bridgehead atoms. The second kappa shape index (κ2) is 4.86. The lowest BCUT2D eigenvalue weighted by molar-refractivity contribution is 0.0593. The molecule has 0 radical (unpaired) electrons. The van der Waals surface area contributed by atoms with Crippen LogP contribution in [0.2, 0.25) is 5.02 Å². The maximum Gasteiger partial charge on any atom is 0.358 e. The van der Waals surface area contributed by atoms with Crippen molar-refractivity contribution in [3.8, 4) is 6.07 Å². The SMILES string of the molecule is COC(=O)c1ncc(C#N)c(C(F)F)c1Cl. The zero-order valence-corrected chi connectivity index (χ0v) is 8.76. The van der Waals surface area contributed by atoms with Gasteiger partial charge < -0.3 is 4.74 Å². The van der Waals surface area contributed by atoms with Gasteiger partial charge in [-0.2, -0.15) is 5.26 Å². The van der Waals surface area contributed by atoms with Crippen LogP contribution in [0.4, 0.5) is 8.78 Å². The van der Waals surface area contributed by atoms with Crippen molar-refractivity contribution in [3.63, 3.8) is 0 Å². The molecule has 1 aromatic heterocycles. The van der Waals surface area contributed by atoms with Crippen molar-refractivity contribution in [2.75, 3.05) is 7.11 Å². The summed E-state index contributed by atoms with van der Waals surface area (Å²) in [6.45, 7) is 0. The first-order valence-corrected chi connectivity index (χ1v) is 4.35. The standard InChI is InChI=1S/C9H5ClF2N2O2/c1-16-9(15)7-6(10)5(8(11)12)4(2-13)3-14-7/h3,8H,1H3. The summed E-state index contributed by atoms with van der Waals surface area (Å²) in [5, 5.41) is 8.03. The van der Waals surface area contributed by atoms with Crippen molar-refractivity contribution in [3.05, 3.63) is 28.0 Å². The van der Waals surface area contributed by atoms with Crippen LogP contribution in [0, 0.1) is 11.3 Å². The molecule has 0 aromatic carbocycles. The number of hydrogen-bond donors (Lipinski definition) is 0. The van der Waals surface area contributed by atoms with E-state index < -0.39 is 28.7 Å². The van der Waals surface area contributed by atoms with Gasteiger partial charge in [-0.25, -0.2) is 18.6 Å². The lowest BCUT2D eigenvalue weighted by Crippen LogP contribution is -2.08. The number of alkyl halides is 2. The van der Waals surface area contributed by atoms with Crippen LogP contribution in [0.1, 0.15) is 28.0 Å². The second-order valence-corrected chi connectivity index (χ2v) is 3.03. The molecule has 1 rings (SSSR count). The van der Waals surface area contributed by atoms with E-state index in [-0.39, 0.29) is 5.56 Å². The van der Waals surface area contributed by atoms with Gasteiger partial charge in [0.1, 0.15) is 6.07 Å². The minimum Gasteiger partial charge on any atom is -0.464 e. The smallest absolute Gasteiger partial charge is 0.358 e. The van der Waals surface area contributed by atoms with Gasteiger partial charge in [-0.3, -0.25) is 0 Å². The minimum atomic E-state index is -2.96. The maximum atomic E-state index is 12.6. The predicted octanol–water partition coefficient (Wildman–Crippen LogP) is 2.33. The van der Waals surface area contributed by atoms with Crippen LogP contribution < -0.4 is 0 Å². The number of aromatic nitrogens is 1. The fourth-order valence-electron chi connectivity index (χ4n) is 1.04. The zero-order valence-electron chi connectivity index (χ0n) is 8.00. The first kappa shape index (κ1) is 12.3. The van der Waals surface area contributed by atoms with Gasteiger partial charge in [-0.05, 0) is 0 Å². The van der Waals surface area contributed by atoms with E-state index in [0.29, 0.717) is 0 Å². The molecule has 0 aliphatic carbocycles. The van der Waals surface area contributed by atoms with E-state index >= 15 is 0 Å². The average molecular weight is 247 g/mol. The Balaban J connectivity index is 3.45. The number of rotatable bonds is 2. The van der Waals surface area contributed by atoms with Crippen LogP contribution in [0.3, 0.4) is 0 Å². The lowest BCUT2D eigenvalue weighted by Gasteiger charge is -2.08. The van der Waals surface area contributed by atoms with Crippen LogP contribution in [-0.4, -0.2) is 18.1 Å². The van der Waals surface area contributed by atoms with Crippen molar-refractivity contribution < 1.29 is 18.3 Å². The molecule has 0 unspecified atom stereocenters. The first-order valence-electron chi connectivity index (χ1n) is 3.97. The Bertz CT molecular complexity index is 471. The third-order valence-corrected chi connectivity index (χ3v) is 2.16. The summed E-state index contributed by atoms with van der Waals surface area (Å²) < 4.78 is 29.5. The van der Waals surface area contributed by atoms with Crippen LogP contribution in [-0.2, 0) is 4.74 Å². The molecule has 84 valence electrons. The van der Waals surface area contributed by atoms with Crippen molar-refractivity contribution in [2.24, 2.45) is 0 Å². The second-order valence-electron chi connectivity index (χ2n) is 2.65. The number of nitriles is 1. The van der Waals surface area contributed by atoms with E-state index in [9.17, 15) is 13.6 Å². The predicted molar refractivity (Wildman–Crippen MR) is 50.3 cm³/mol. The average Bonchev–Trinajstić information content (AvgIpc) is 2.26. The number of methoxy groups -OCH3 is 1. The van der Waals surface area contributed by atoms with Crippen LogP contribution in [0.25, 0.3) is 0 Å². The zero-order chi connectivity index (χ0) is 12.3. The van der Waals surface area contributed by atoms with Crippen LogP contribution in [0.15, 0.2) is 6.20 Å². The Kier molecular flexibility index (Phi) is 3.74. The number of nitrogens with zero attached hydrogens (tertiary/aromatic N) is 2. The summed E-state index contributed by atoms with van der Waals surface area (Å²) in [4.78, 5) is 14.6. The highest BCUT2D eigenvalue weighted by atomic mass is 35.5. The monoisotopic (exact) mass is 246 g/mol. The van der Waals surface area contributed by atoms with E-state index in [4.69, 9.17) is 16.9 Å². The molecule has 0 aliphatic rings. The van der Waals surface area contributed by atoms with Gasteiger partial charge in [0.15, 0.2) is 5.69 Å². The third kappa shape index (κ3) is 2.09. The quantitative estimate of drug-likeness (QED) is 0.752. The van der Waals surface area contributed by atoms with Crippen molar-refractivity contribution in [1.29, 1.82) is 5.26 Å². The molecule has 0 amide bonds. The molecule has 0 spiro atoms. The summed E-state index contributed by atoms with van der Waals surface area (Å²) in [6.07, 6.45) is -2.10. The molecule has 1 heterocycles. The molecule has 0 saturated carbocycles. The Morgan fingerprint density at radius 2 is 2.31 bits per heavy atom. The Morgan fingerprint density at radius 3 is 2.75 bits per heavy atom. The molecule has 1 aromatic rings. The molecule has 0 aliphatic heterocycles. The van der Waals surface area contributed by atoms with Gasteiger partial charge in [0.25, 0.3) is 6.43 Å². The highest BCUT2D eigenvalue weighted by Gasteiger charge is 2.24. The number of pyridine rings is 1. The fourth-order valence-corrected chi connectivity index (χ4v) is 1.35. The maximum absolute atomic E-state index is 12.6. The normalized spacial score (nSPS) is 10.0. The van der Waals surface area contributed by atoms with Crippen LogP contribution in [0.5, 0.6) is 0 Å². The molecule has 7 heteroatoms. The van der Waals surface area contributed by atoms with Crippen molar-refractivity contribution in [1.82, 2.24) is 4.98 Å². The molecular formula is C9H5ClF2N2O2. The molecule has 0 saturated heterocycles. The van der Waals surface area contributed by atoms with E-state index in [1.54, 1.807) is 0 Å². The topological polar surface area (TPSA) is 63.0 Å². The van der Waals surface area contributed by atoms with E-state index in [2.05, 4.69) is 9.72 Å². The Hall–Kier alpha value is -1.74. The minimum absolute atomic E-state index is 0.368. The van der Waals surface area contributed by atoms with E-state index in [1.165, 1.54) is 6.07 Å². The van der Waals surface area contributed by atoms with Gasteiger partial charge in [-0.15, -0.1) is 0 Å². The van der Waals surface area contributed by atoms with Gasteiger partial charge in [0.2, 0.25) is 0 Å². The summed E-state index contributed by atoms with van der Waals surface area (Å²) in [6, 6.07) is 1.52. The Labute approximate surface area is 94.4 Å². The van der Waals surface area contributed by atoms with Gasteiger partial charge in [0, 0.05) is 6.20 Å². The number of carbonyl (C=O) groups is 1. The van der Waals surface area contributed by atoms with Crippen molar-refractivity contribution >= 4 is 17.6 Å². The van der Waals surface area contributed by atoms with Crippen LogP contribution >= 0.6 is 11.6 Å². The largest absolute Gasteiger partial charge is 0.464 e. The lowest BCUT2D eigenvalue weighted by atomic mass is 10.1. The molecule has 16 heavy (non-hydrogen) atoms.